The predicted octanol–water partition coefficient (Wildman–Crippen LogP) is 6.10. The largest absolute Gasteiger partial charge is 0.505 e. The number of nitrogen functional groups attached to an aromatic ring is 1. The maximum Gasteiger partial charge on any atom is 0.407 e. The lowest BCUT2D eigenvalue weighted by molar-refractivity contribution is 0.0493. The number of benzene rings is 1. The summed E-state index contributed by atoms with van der Waals surface area (Å²) in [6.45, 7) is 5.72. The topological polar surface area (TPSA) is 139 Å². The van der Waals surface area contributed by atoms with Gasteiger partial charge in [-0.1, -0.05) is 48.4 Å². The second-order valence-corrected chi connectivity index (χ2v) is 11.1. The first-order chi connectivity index (χ1) is 18.9. The lowest BCUT2D eigenvalue weighted by Crippen LogP contribution is -2.39. The molecule has 0 spiro atoms. The molecular weight excluding hydrogens is 553 g/mol. The number of halogens is 2. The number of hydrogen-bond acceptors (Lipinski definition) is 7. The number of aromatic nitrogens is 2. The van der Waals surface area contributed by atoms with Crippen molar-refractivity contribution in [2.24, 2.45) is 0 Å². The van der Waals surface area contributed by atoms with Crippen LogP contribution in [0.1, 0.15) is 63.2 Å². The molecule has 1 saturated carbocycles. The van der Waals surface area contributed by atoms with Crippen LogP contribution in [-0.4, -0.2) is 45.3 Å². The minimum atomic E-state index is -0.433. The van der Waals surface area contributed by atoms with E-state index >= 15 is 0 Å². The van der Waals surface area contributed by atoms with Crippen LogP contribution in [0.15, 0.2) is 30.5 Å². The highest BCUT2D eigenvalue weighted by atomic mass is 35.5. The Balaban J connectivity index is 0.000000267. The molecule has 212 valence electrons. The molecule has 3 aromatic rings. The van der Waals surface area contributed by atoms with Crippen LogP contribution in [0.25, 0.3) is 22.3 Å². The van der Waals surface area contributed by atoms with Gasteiger partial charge in [0.15, 0.2) is 5.75 Å². The number of nitrogens with one attached hydrogen (secondary N) is 2. The van der Waals surface area contributed by atoms with E-state index in [-0.39, 0.29) is 39.7 Å². The number of phenols is 1. The second-order valence-electron chi connectivity index (χ2n) is 10.3. The molecule has 0 saturated heterocycles. The molecule has 0 atom stereocenters. The highest BCUT2D eigenvalue weighted by Gasteiger charge is 2.20. The molecule has 0 aliphatic heterocycles. The molecule has 9 nitrogen and oxygen atoms in total. The Morgan fingerprint density at radius 3 is 2.42 bits per heavy atom. The number of phenolic OH excluding ortho intramolecular Hbond substituents is 1. The number of anilines is 1. The summed E-state index contributed by atoms with van der Waals surface area (Å²) < 4.78 is 5.19. The molecule has 1 fully saturated rings. The summed E-state index contributed by atoms with van der Waals surface area (Å²) >= 11 is 11.9. The number of nitrogens with two attached hydrogens (primary N) is 1. The molecular formula is C29H33Cl2N5O4. The van der Waals surface area contributed by atoms with Gasteiger partial charge in [0.05, 0.1) is 39.1 Å². The summed E-state index contributed by atoms with van der Waals surface area (Å²) in [5, 5.41) is 15.3. The monoisotopic (exact) mass is 585 g/mol. The van der Waals surface area contributed by atoms with Gasteiger partial charge in [0.2, 0.25) is 0 Å². The van der Waals surface area contributed by atoms with Gasteiger partial charge >= 0.3 is 6.09 Å². The number of carbonyl (C=O) groups excluding carboxylic acids is 2. The first-order valence-corrected chi connectivity index (χ1v) is 13.6. The Kier molecular flexibility index (Phi) is 10.4. The van der Waals surface area contributed by atoms with Crippen molar-refractivity contribution >= 4 is 51.9 Å². The summed E-state index contributed by atoms with van der Waals surface area (Å²) in [6.07, 6.45) is 12.2. The van der Waals surface area contributed by atoms with Crippen LogP contribution in [0.3, 0.4) is 0 Å². The molecule has 2 amide bonds. The third-order valence-corrected chi connectivity index (χ3v) is 6.56. The Hall–Kier alpha value is -3.74. The van der Waals surface area contributed by atoms with Crippen LogP contribution in [0.2, 0.25) is 10.0 Å². The van der Waals surface area contributed by atoms with Gasteiger partial charge in [0.1, 0.15) is 11.1 Å². The zero-order chi connectivity index (χ0) is 29.4. The summed E-state index contributed by atoms with van der Waals surface area (Å²) in [6, 6.07) is 6.82. The van der Waals surface area contributed by atoms with Crippen molar-refractivity contribution < 1.29 is 19.4 Å². The van der Waals surface area contributed by atoms with E-state index in [2.05, 4.69) is 26.5 Å². The second kappa shape index (κ2) is 13.6. The first kappa shape index (κ1) is 30.8. The van der Waals surface area contributed by atoms with Gasteiger partial charge in [-0.2, -0.15) is 0 Å². The molecule has 2 heterocycles. The Bertz CT molecular complexity index is 1400. The van der Waals surface area contributed by atoms with Crippen molar-refractivity contribution in [2.75, 3.05) is 12.3 Å². The first-order valence-electron chi connectivity index (χ1n) is 12.8. The average Bonchev–Trinajstić information content (AvgIpc) is 2.90. The normalized spacial score (nSPS) is 13.5. The lowest BCUT2D eigenvalue weighted by atomic mass is 9.96. The Morgan fingerprint density at radius 2 is 1.82 bits per heavy atom. The fourth-order valence-electron chi connectivity index (χ4n) is 4.09. The molecule has 4 rings (SSSR count). The molecule has 2 aromatic heterocycles. The summed E-state index contributed by atoms with van der Waals surface area (Å²) in [7, 11) is 0. The minimum Gasteiger partial charge on any atom is -0.505 e. The van der Waals surface area contributed by atoms with Crippen LogP contribution < -0.4 is 16.4 Å². The van der Waals surface area contributed by atoms with Gasteiger partial charge in [-0.05, 0) is 57.9 Å². The fraction of sp³-hybridized carbons (Fsp3) is 0.379. The number of carbonyl (C=O) groups is 2. The molecule has 1 aliphatic carbocycles. The molecule has 0 unspecified atom stereocenters. The molecule has 1 aliphatic rings. The van der Waals surface area contributed by atoms with Crippen molar-refractivity contribution in [1.82, 2.24) is 20.6 Å². The summed E-state index contributed by atoms with van der Waals surface area (Å²) in [5.41, 5.74) is 8.06. The number of hydrogen-bond donors (Lipinski definition) is 4. The van der Waals surface area contributed by atoms with Crippen LogP contribution in [0, 0.1) is 12.3 Å². The third kappa shape index (κ3) is 8.38. The highest BCUT2D eigenvalue weighted by molar-refractivity contribution is 6.37. The van der Waals surface area contributed by atoms with Crippen LogP contribution in [0.4, 0.5) is 10.5 Å². The number of amides is 2. The quantitative estimate of drug-likeness (QED) is 0.271. The van der Waals surface area contributed by atoms with Gasteiger partial charge in [-0.3, -0.25) is 9.78 Å². The van der Waals surface area contributed by atoms with Gasteiger partial charge in [-0.15, -0.1) is 6.42 Å². The molecule has 0 bridgehead atoms. The summed E-state index contributed by atoms with van der Waals surface area (Å²) in [4.78, 5) is 32.2. The van der Waals surface area contributed by atoms with Gasteiger partial charge in [0.25, 0.3) is 5.91 Å². The average molecular weight is 587 g/mol. The maximum absolute atomic E-state index is 12.1. The van der Waals surface area contributed by atoms with E-state index in [0.29, 0.717) is 28.3 Å². The highest BCUT2D eigenvalue weighted by Crippen LogP contribution is 2.36. The molecule has 0 radical (unpaired) electrons. The van der Waals surface area contributed by atoms with E-state index < -0.39 is 11.5 Å². The van der Waals surface area contributed by atoms with Crippen LogP contribution in [0.5, 0.6) is 5.75 Å². The number of ether oxygens (including phenoxy) is 1. The number of pyridine rings is 2. The number of rotatable bonds is 4. The van der Waals surface area contributed by atoms with Crippen molar-refractivity contribution in [3.8, 4) is 29.4 Å². The van der Waals surface area contributed by atoms with Gasteiger partial charge < -0.3 is 26.2 Å². The zero-order valence-corrected chi connectivity index (χ0v) is 24.2. The van der Waals surface area contributed by atoms with Gasteiger partial charge in [0, 0.05) is 17.8 Å². The van der Waals surface area contributed by atoms with E-state index in [9.17, 15) is 14.7 Å². The van der Waals surface area contributed by atoms with Gasteiger partial charge in [-0.25, -0.2) is 9.78 Å². The van der Waals surface area contributed by atoms with Crippen LogP contribution in [-0.2, 0) is 4.74 Å². The summed E-state index contributed by atoms with van der Waals surface area (Å²) in [5.74, 6) is 1.68. The van der Waals surface area contributed by atoms with E-state index in [1.807, 2.05) is 20.8 Å². The maximum atomic E-state index is 12.1. The molecule has 5 N–H and O–H groups in total. The van der Waals surface area contributed by atoms with E-state index in [1.165, 1.54) is 37.6 Å². The zero-order valence-electron chi connectivity index (χ0n) is 22.7. The van der Waals surface area contributed by atoms with Crippen molar-refractivity contribution in [3.63, 3.8) is 0 Å². The van der Waals surface area contributed by atoms with E-state index in [0.717, 1.165) is 12.8 Å². The van der Waals surface area contributed by atoms with Crippen molar-refractivity contribution in [3.05, 3.63) is 46.1 Å². The lowest BCUT2D eigenvalue weighted by Gasteiger charge is -2.25. The number of nitrogens with zero attached hydrogens (tertiary/aromatic N) is 2. The molecule has 40 heavy (non-hydrogen) atoms. The SMILES string of the molecule is C#CCNC(=O)c1cnc2ccc(-c3cc(Cl)c(O)c(Cl)c3)nc2c1N.CC(C)(C)OC(=O)NC1CCCCC1. The number of terminal acetylenes is 1. The number of aromatic hydroxyl groups is 1. The Labute approximate surface area is 243 Å². The fourth-order valence-corrected chi connectivity index (χ4v) is 4.58. The number of fused-ring (bicyclic) bond motifs is 1. The predicted molar refractivity (Wildman–Crippen MR) is 158 cm³/mol. The van der Waals surface area contributed by atoms with E-state index in [4.69, 9.17) is 40.1 Å². The molecule has 1 aromatic carbocycles. The number of alkyl carbamates (subject to hydrolysis) is 1. The van der Waals surface area contributed by atoms with Crippen LogP contribution >= 0.6 is 23.2 Å². The smallest absolute Gasteiger partial charge is 0.407 e. The standard InChI is InChI=1S/C18H12Cl2N4O2.C11H21NO2/c1-2-5-22-18(26)10-8-23-14-4-3-13(24-16(14)15(10)21)9-6-11(19)17(25)12(20)7-9;1-11(2,3)14-10(13)12-9-7-5-4-6-8-9/h1,3-4,6-8,25H,5H2,(H2,21,23)(H,22,26);9H,4-8H2,1-3H3,(H,12,13). The van der Waals surface area contributed by atoms with Crippen molar-refractivity contribution in [1.29, 1.82) is 0 Å². The minimum absolute atomic E-state index is 0.0777. The van der Waals surface area contributed by atoms with Crippen molar-refractivity contribution in [2.45, 2.75) is 64.5 Å². The Morgan fingerprint density at radius 1 is 1.18 bits per heavy atom. The molecule has 11 heteroatoms. The van der Waals surface area contributed by atoms with E-state index in [1.54, 1.807) is 12.1 Å². The third-order valence-electron chi connectivity index (χ3n) is 5.99.